The van der Waals surface area contributed by atoms with Crippen LogP contribution in [0.15, 0.2) is 35.4 Å². The van der Waals surface area contributed by atoms with Crippen LogP contribution in [0.4, 0.5) is 0 Å². The number of carbonyl (C=O) groups excluding carboxylic acids is 1. The number of H-pyrrole nitrogens is 1. The summed E-state index contributed by atoms with van der Waals surface area (Å²) < 4.78 is 22.2. The number of rotatable bonds is 5. The summed E-state index contributed by atoms with van der Waals surface area (Å²) in [6, 6.07) is 6.18. The zero-order valence-corrected chi connectivity index (χ0v) is 11.2. The topological polar surface area (TPSA) is 131 Å². The monoisotopic (exact) mass is 295 g/mol. The van der Waals surface area contributed by atoms with Crippen molar-refractivity contribution in [3.05, 3.63) is 41.7 Å². The van der Waals surface area contributed by atoms with Gasteiger partial charge in [-0.1, -0.05) is 12.1 Å². The van der Waals surface area contributed by atoms with E-state index in [1.807, 2.05) is 0 Å². The van der Waals surface area contributed by atoms with Crippen LogP contribution in [0.1, 0.15) is 16.1 Å². The average Bonchev–Trinajstić information content (AvgIpc) is 2.92. The van der Waals surface area contributed by atoms with Crippen LogP contribution in [0.3, 0.4) is 0 Å². The van der Waals surface area contributed by atoms with Crippen molar-refractivity contribution in [2.24, 2.45) is 5.14 Å². The van der Waals surface area contributed by atoms with E-state index < -0.39 is 10.0 Å². The highest BCUT2D eigenvalue weighted by Crippen LogP contribution is 2.08. The molecule has 0 aliphatic heterocycles. The van der Waals surface area contributed by atoms with Crippen LogP contribution >= 0.6 is 0 Å². The van der Waals surface area contributed by atoms with Gasteiger partial charge in [0.2, 0.25) is 10.0 Å². The van der Waals surface area contributed by atoms with E-state index in [2.05, 4.69) is 20.7 Å². The Morgan fingerprint density at radius 2 is 2.00 bits per heavy atom. The first kappa shape index (κ1) is 14.2. The standard InChI is InChI=1S/C11H13N5O3S/c12-20(18,19)9-3-1-8(2-4-9)5-6-13-11(17)10-7-14-16-15-10/h1-4,7H,5-6H2,(H,13,17)(H2,12,18,19)(H,14,15,16). The van der Waals surface area contributed by atoms with Gasteiger partial charge in [0.15, 0.2) is 5.69 Å². The van der Waals surface area contributed by atoms with Crippen LogP contribution in [0.5, 0.6) is 0 Å². The van der Waals surface area contributed by atoms with Gasteiger partial charge in [-0.25, -0.2) is 13.6 Å². The Bertz CT molecular complexity index is 679. The molecule has 0 aliphatic rings. The van der Waals surface area contributed by atoms with E-state index >= 15 is 0 Å². The summed E-state index contributed by atoms with van der Waals surface area (Å²) in [7, 11) is -3.67. The minimum Gasteiger partial charge on any atom is -0.350 e. The van der Waals surface area contributed by atoms with E-state index in [1.54, 1.807) is 12.1 Å². The maximum absolute atomic E-state index is 11.6. The number of aromatic amines is 1. The zero-order valence-electron chi connectivity index (χ0n) is 10.4. The van der Waals surface area contributed by atoms with Crippen molar-refractivity contribution in [2.45, 2.75) is 11.3 Å². The molecule has 0 spiro atoms. The molecule has 106 valence electrons. The number of hydrogen-bond donors (Lipinski definition) is 3. The van der Waals surface area contributed by atoms with Gasteiger partial charge in [-0.3, -0.25) is 4.79 Å². The van der Waals surface area contributed by atoms with Crippen molar-refractivity contribution in [1.82, 2.24) is 20.7 Å². The fourth-order valence-corrected chi connectivity index (χ4v) is 2.08. The molecule has 0 fully saturated rings. The van der Waals surface area contributed by atoms with Crippen molar-refractivity contribution in [3.63, 3.8) is 0 Å². The Balaban J connectivity index is 1.87. The SMILES string of the molecule is NS(=O)(=O)c1ccc(CCNC(=O)c2cn[nH]n2)cc1. The summed E-state index contributed by atoms with van der Waals surface area (Å²) in [5.74, 6) is -0.320. The minimum absolute atomic E-state index is 0.0629. The number of nitrogens with zero attached hydrogens (tertiary/aromatic N) is 2. The van der Waals surface area contributed by atoms with Crippen molar-refractivity contribution >= 4 is 15.9 Å². The molecule has 1 aromatic carbocycles. The molecule has 20 heavy (non-hydrogen) atoms. The third kappa shape index (κ3) is 3.62. The summed E-state index contributed by atoms with van der Waals surface area (Å²) >= 11 is 0. The number of hydrogen-bond acceptors (Lipinski definition) is 5. The molecule has 0 radical (unpaired) electrons. The van der Waals surface area contributed by atoms with Crippen molar-refractivity contribution in [2.75, 3.05) is 6.54 Å². The Morgan fingerprint density at radius 3 is 2.55 bits per heavy atom. The number of nitrogens with two attached hydrogens (primary N) is 1. The van der Waals surface area contributed by atoms with Gasteiger partial charge in [0, 0.05) is 6.54 Å². The van der Waals surface area contributed by atoms with Crippen molar-refractivity contribution in [1.29, 1.82) is 0 Å². The zero-order chi connectivity index (χ0) is 14.6. The van der Waals surface area contributed by atoms with Crippen LogP contribution in [-0.4, -0.2) is 36.3 Å². The molecule has 1 heterocycles. The van der Waals surface area contributed by atoms with E-state index in [0.29, 0.717) is 13.0 Å². The van der Waals surface area contributed by atoms with Gasteiger partial charge in [-0.05, 0) is 24.1 Å². The van der Waals surface area contributed by atoms with Gasteiger partial charge < -0.3 is 5.32 Å². The molecule has 0 saturated heterocycles. The van der Waals surface area contributed by atoms with Crippen LogP contribution in [-0.2, 0) is 16.4 Å². The molecule has 0 atom stereocenters. The Kier molecular flexibility index (Phi) is 4.11. The van der Waals surface area contributed by atoms with Gasteiger partial charge in [0.25, 0.3) is 5.91 Å². The Labute approximate surface area is 115 Å². The molecule has 0 bridgehead atoms. The highest BCUT2D eigenvalue weighted by molar-refractivity contribution is 7.89. The predicted octanol–water partition coefficient (Wildman–Crippen LogP) is -0.575. The summed E-state index contributed by atoms with van der Waals surface area (Å²) in [6.07, 6.45) is 1.89. The molecule has 0 unspecified atom stereocenters. The van der Waals surface area contributed by atoms with Crippen LogP contribution in [0, 0.1) is 0 Å². The summed E-state index contributed by atoms with van der Waals surface area (Å²) in [5.41, 5.74) is 1.10. The highest BCUT2D eigenvalue weighted by atomic mass is 32.2. The molecule has 0 aliphatic carbocycles. The molecule has 1 amide bonds. The molecular weight excluding hydrogens is 282 g/mol. The lowest BCUT2D eigenvalue weighted by molar-refractivity contribution is 0.0949. The molecule has 2 rings (SSSR count). The number of carbonyl (C=O) groups is 1. The number of aromatic nitrogens is 3. The number of nitrogens with one attached hydrogen (secondary N) is 2. The lowest BCUT2D eigenvalue weighted by Gasteiger charge is -2.04. The van der Waals surface area contributed by atoms with Gasteiger partial charge in [0.1, 0.15) is 0 Å². The maximum Gasteiger partial charge on any atom is 0.273 e. The van der Waals surface area contributed by atoms with Gasteiger partial charge in [0.05, 0.1) is 11.1 Å². The molecule has 8 nitrogen and oxygen atoms in total. The smallest absolute Gasteiger partial charge is 0.273 e. The molecular formula is C11H13N5O3S. The van der Waals surface area contributed by atoms with Crippen molar-refractivity contribution in [3.8, 4) is 0 Å². The first-order valence-corrected chi connectivity index (χ1v) is 7.27. The third-order valence-electron chi connectivity index (χ3n) is 2.60. The largest absolute Gasteiger partial charge is 0.350 e. The first-order chi connectivity index (χ1) is 9.47. The lowest BCUT2D eigenvalue weighted by Crippen LogP contribution is -2.26. The Hall–Kier alpha value is -2.26. The fourth-order valence-electron chi connectivity index (χ4n) is 1.57. The van der Waals surface area contributed by atoms with Crippen LogP contribution in [0.2, 0.25) is 0 Å². The second-order valence-electron chi connectivity index (χ2n) is 4.05. The molecule has 9 heteroatoms. The first-order valence-electron chi connectivity index (χ1n) is 5.72. The number of sulfonamides is 1. The third-order valence-corrected chi connectivity index (χ3v) is 3.53. The highest BCUT2D eigenvalue weighted by Gasteiger charge is 2.08. The van der Waals surface area contributed by atoms with E-state index in [4.69, 9.17) is 5.14 Å². The van der Waals surface area contributed by atoms with Gasteiger partial charge in [-0.15, -0.1) is 0 Å². The second-order valence-corrected chi connectivity index (χ2v) is 5.61. The molecule has 4 N–H and O–H groups in total. The molecule has 0 saturated carbocycles. The quantitative estimate of drug-likeness (QED) is 0.679. The minimum atomic E-state index is -3.67. The van der Waals surface area contributed by atoms with Gasteiger partial charge in [-0.2, -0.15) is 15.4 Å². The number of amides is 1. The maximum atomic E-state index is 11.6. The van der Waals surface area contributed by atoms with E-state index in [0.717, 1.165) is 5.56 Å². The number of benzene rings is 1. The Morgan fingerprint density at radius 1 is 1.30 bits per heavy atom. The second kappa shape index (κ2) is 5.80. The average molecular weight is 295 g/mol. The van der Waals surface area contributed by atoms with E-state index in [9.17, 15) is 13.2 Å². The summed E-state index contributed by atoms with van der Waals surface area (Å²) in [5, 5.41) is 17.2. The van der Waals surface area contributed by atoms with Crippen LogP contribution < -0.4 is 10.5 Å². The van der Waals surface area contributed by atoms with Gasteiger partial charge >= 0.3 is 0 Å². The predicted molar refractivity (Wildman–Crippen MR) is 70.2 cm³/mol. The van der Waals surface area contributed by atoms with E-state index in [1.165, 1.54) is 18.3 Å². The molecule has 2 aromatic rings. The number of primary sulfonamides is 1. The van der Waals surface area contributed by atoms with Crippen molar-refractivity contribution < 1.29 is 13.2 Å². The summed E-state index contributed by atoms with van der Waals surface area (Å²) in [4.78, 5) is 11.6. The fraction of sp³-hybridized carbons (Fsp3) is 0.182. The summed E-state index contributed by atoms with van der Waals surface area (Å²) in [6.45, 7) is 0.403. The normalized spacial score (nSPS) is 11.2. The lowest BCUT2D eigenvalue weighted by atomic mass is 10.1. The van der Waals surface area contributed by atoms with Crippen LogP contribution in [0.25, 0.3) is 0 Å². The molecule has 1 aromatic heterocycles. The van der Waals surface area contributed by atoms with E-state index in [-0.39, 0.29) is 16.5 Å².